The average Bonchev–Trinajstić information content (AvgIpc) is 2.43. The lowest BCUT2D eigenvalue weighted by atomic mass is 10.2. The summed E-state index contributed by atoms with van der Waals surface area (Å²) in [5.41, 5.74) is -0.325. The maximum Gasteiger partial charge on any atom is 0.263 e. The zero-order valence-electron chi connectivity index (χ0n) is 10.3. The molecule has 2 aromatic rings. The van der Waals surface area contributed by atoms with Gasteiger partial charge in [0, 0.05) is 0 Å². The van der Waals surface area contributed by atoms with E-state index in [0.29, 0.717) is 0 Å². The number of nitrogens with one attached hydrogen (secondary N) is 1. The van der Waals surface area contributed by atoms with Gasteiger partial charge in [-0.05, 0) is 36.4 Å². The highest BCUT2D eigenvalue weighted by Gasteiger charge is 2.20. The second kappa shape index (κ2) is 5.68. The number of anilines is 1. The van der Waals surface area contributed by atoms with E-state index >= 15 is 0 Å². The molecule has 2 aromatic carbocycles. The molecule has 0 amide bonds. The van der Waals surface area contributed by atoms with Gasteiger partial charge in [-0.2, -0.15) is 5.26 Å². The van der Waals surface area contributed by atoms with Crippen LogP contribution in [0.5, 0.6) is 0 Å². The van der Waals surface area contributed by atoms with Crippen molar-refractivity contribution in [2.75, 3.05) is 4.72 Å². The van der Waals surface area contributed by atoms with Gasteiger partial charge in [0.15, 0.2) is 0 Å². The Bertz CT molecular complexity index is 848. The van der Waals surface area contributed by atoms with E-state index in [1.165, 1.54) is 6.07 Å². The Balaban J connectivity index is 2.43. The molecule has 4 nitrogen and oxygen atoms in total. The molecule has 0 bridgehead atoms. The number of sulfonamides is 1. The Morgan fingerprint density at radius 1 is 1.14 bits per heavy atom. The molecular formula is C13H7ClF2N2O2S. The summed E-state index contributed by atoms with van der Waals surface area (Å²) < 4.78 is 52.9. The largest absolute Gasteiger partial charge is 0.277 e. The van der Waals surface area contributed by atoms with Gasteiger partial charge in [0.1, 0.15) is 16.5 Å². The third-order valence-electron chi connectivity index (χ3n) is 2.53. The quantitative estimate of drug-likeness (QED) is 0.939. The van der Waals surface area contributed by atoms with Crippen molar-refractivity contribution >= 4 is 27.3 Å². The number of hydrogen-bond donors (Lipinski definition) is 1. The summed E-state index contributed by atoms with van der Waals surface area (Å²) in [7, 11) is -4.25. The Morgan fingerprint density at radius 2 is 1.86 bits per heavy atom. The lowest BCUT2D eigenvalue weighted by Crippen LogP contribution is -2.14. The van der Waals surface area contributed by atoms with Gasteiger partial charge in [-0.3, -0.25) is 4.72 Å². The summed E-state index contributed by atoms with van der Waals surface area (Å²) in [6.07, 6.45) is 0. The van der Waals surface area contributed by atoms with Crippen molar-refractivity contribution in [1.29, 1.82) is 5.26 Å². The van der Waals surface area contributed by atoms with Crippen LogP contribution in [0.25, 0.3) is 0 Å². The molecule has 0 radical (unpaired) electrons. The Hall–Kier alpha value is -2.17. The van der Waals surface area contributed by atoms with E-state index in [2.05, 4.69) is 0 Å². The third kappa shape index (κ3) is 3.29. The minimum absolute atomic E-state index is 0.0410. The molecule has 0 aromatic heterocycles. The second-order valence-electron chi connectivity index (χ2n) is 3.99. The fourth-order valence-corrected chi connectivity index (χ4v) is 3.13. The number of nitrogens with zero attached hydrogens (tertiary/aromatic N) is 1. The molecule has 0 fully saturated rings. The first-order valence-corrected chi connectivity index (χ1v) is 7.37. The highest BCUT2D eigenvalue weighted by molar-refractivity contribution is 7.92. The van der Waals surface area contributed by atoms with Crippen LogP contribution < -0.4 is 4.72 Å². The van der Waals surface area contributed by atoms with Crippen LogP contribution in [-0.4, -0.2) is 8.42 Å². The lowest BCUT2D eigenvalue weighted by molar-refractivity contribution is 0.593. The molecule has 0 aliphatic rings. The Morgan fingerprint density at radius 3 is 2.48 bits per heavy atom. The van der Waals surface area contributed by atoms with Crippen molar-refractivity contribution < 1.29 is 17.2 Å². The van der Waals surface area contributed by atoms with Crippen molar-refractivity contribution in [3.63, 3.8) is 0 Å². The number of rotatable bonds is 3. The van der Waals surface area contributed by atoms with E-state index < -0.39 is 26.6 Å². The summed E-state index contributed by atoms with van der Waals surface area (Å²) in [6, 6.07) is 7.75. The number of benzene rings is 2. The Kier molecular flexibility index (Phi) is 4.11. The first-order chi connectivity index (χ1) is 9.83. The summed E-state index contributed by atoms with van der Waals surface area (Å²) in [5.74, 6) is -1.72. The molecule has 0 unspecified atom stereocenters. The fraction of sp³-hybridized carbons (Fsp3) is 0. The van der Waals surface area contributed by atoms with Crippen LogP contribution >= 0.6 is 11.6 Å². The van der Waals surface area contributed by atoms with E-state index in [1.807, 2.05) is 4.72 Å². The number of nitriles is 1. The smallest absolute Gasteiger partial charge is 0.263 e. The van der Waals surface area contributed by atoms with Gasteiger partial charge in [-0.25, -0.2) is 17.2 Å². The SMILES string of the molecule is N#Cc1ccc(NS(=O)(=O)c2cc(F)ccc2Cl)c(F)c1. The minimum atomic E-state index is -4.25. The topological polar surface area (TPSA) is 70.0 Å². The van der Waals surface area contributed by atoms with Gasteiger partial charge >= 0.3 is 0 Å². The van der Waals surface area contributed by atoms with Gasteiger partial charge in [0.2, 0.25) is 0 Å². The van der Waals surface area contributed by atoms with Crippen molar-refractivity contribution in [1.82, 2.24) is 0 Å². The normalized spacial score (nSPS) is 11.0. The summed E-state index contributed by atoms with van der Waals surface area (Å²) in [5, 5.41) is 8.42. The molecule has 0 aliphatic carbocycles. The lowest BCUT2D eigenvalue weighted by Gasteiger charge is -2.10. The van der Waals surface area contributed by atoms with Crippen molar-refractivity contribution in [3.8, 4) is 6.07 Å². The van der Waals surface area contributed by atoms with Crippen LogP contribution in [0.2, 0.25) is 5.02 Å². The number of halogens is 3. The molecule has 0 aliphatic heterocycles. The van der Waals surface area contributed by atoms with Crippen LogP contribution in [0.3, 0.4) is 0 Å². The molecule has 1 N–H and O–H groups in total. The van der Waals surface area contributed by atoms with Crippen LogP contribution in [0.15, 0.2) is 41.3 Å². The predicted molar refractivity (Wildman–Crippen MR) is 73.3 cm³/mol. The van der Waals surface area contributed by atoms with Gasteiger partial charge in [-0.1, -0.05) is 11.6 Å². The zero-order chi connectivity index (χ0) is 15.6. The first kappa shape index (κ1) is 15.2. The zero-order valence-corrected chi connectivity index (χ0v) is 11.8. The summed E-state index contributed by atoms with van der Waals surface area (Å²) >= 11 is 5.71. The molecule has 2 rings (SSSR count). The summed E-state index contributed by atoms with van der Waals surface area (Å²) in [4.78, 5) is -0.507. The second-order valence-corrected chi connectivity index (χ2v) is 6.04. The molecule has 0 spiro atoms. The van der Waals surface area contributed by atoms with Gasteiger partial charge in [0.25, 0.3) is 10.0 Å². The van der Waals surface area contributed by atoms with E-state index in [-0.39, 0.29) is 16.3 Å². The molecular weight excluding hydrogens is 322 g/mol. The number of hydrogen-bond acceptors (Lipinski definition) is 3. The predicted octanol–water partition coefficient (Wildman–Crippen LogP) is 3.29. The average molecular weight is 329 g/mol. The maximum atomic E-state index is 13.7. The standard InChI is InChI=1S/C13H7ClF2N2O2S/c14-10-3-2-9(15)6-13(10)21(19,20)18-12-4-1-8(7-17)5-11(12)16/h1-6,18H. The third-order valence-corrected chi connectivity index (χ3v) is 4.37. The van der Waals surface area contributed by atoms with E-state index in [4.69, 9.17) is 16.9 Å². The van der Waals surface area contributed by atoms with E-state index in [9.17, 15) is 17.2 Å². The molecule has 0 saturated carbocycles. The van der Waals surface area contributed by atoms with Crippen LogP contribution in [0, 0.1) is 23.0 Å². The molecule has 8 heteroatoms. The van der Waals surface area contributed by atoms with Crippen LogP contribution in [-0.2, 0) is 10.0 Å². The molecule has 0 heterocycles. The van der Waals surface area contributed by atoms with E-state index in [0.717, 1.165) is 30.3 Å². The molecule has 0 atom stereocenters. The van der Waals surface area contributed by atoms with Crippen molar-refractivity contribution in [3.05, 3.63) is 58.6 Å². The van der Waals surface area contributed by atoms with Crippen molar-refractivity contribution in [2.24, 2.45) is 0 Å². The fourth-order valence-electron chi connectivity index (χ4n) is 1.55. The van der Waals surface area contributed by atoms with Gasteiger partial charge in [-0.15, -0.1) is 0 Å². The Labute approximate surface area is 124 Å². The van der Waals surface area contributed by atoms with Gasteiger partial charge in [0.05, 0.1) is 22.3 Å². The van der Waals surface area contributed by atoms with Crippen LogP contribution in [0.1, 0.15) is 5.56 Å². The summed E-state index contributed by atoms with van der Waals surface area (Å²) in [6.45, 7) is 0. The monoisotopic (exact) mass is 328 g/mol. The van der Waals surface area contributed by atoms with Gasteiger partial charge < -0.3 is 0 Å². The molecule has 108 valence electrons. The highest BCUT2D eigenvalue weighted by Crippen LogP contribution is 2.25. The molecule has 0 saturated heterocycles. The highest BCUT2D eigenvalue weighted by atomic mass is 35.5. The first-order valence-electron chi connectivity index (χ1n) is 5.51. The maximum absolute atomic E-state index is 13.7. The molecule has 21 heavy (non-hydrogen) atoms. The van der Waals surface area contributed by atoms with Crippen LogP contribution in [0.4, 0.5) is 14.5 Å². The van der Waals surface area contributed by atoms with Crippen molar-refractivity contribution in [2.45, 2.75) is 4.90 Å². The van der Waals surface area contributed by atoms with E-state index in [1.54, 1.807) is 6.07 Å². The minimum Gasteiger partial charge on any atom is -0.277 e.